The second-order valence-corrected chi connectivity index (χ2v) is 26.6. The van der Waals surface area contributed by atoms with Gasteiger partial charge < -0.3 is 28.1 Å². The predicted octanol–water partition coefficient (Wildman–Crippen LogP) is 22.7. The minimum absolute atomic E-state index is 0.0729. The summed E-state index contributed by atoms with van der Waals surface area (Å²) < 4.78 is 119. The minimum Gasteiger partial charge on any atom is -0.311 e. The van der Waals surface area contributed by atoms with E-state index in [1.807, 2.05) is 54.6 Å². The van der Waals surface area contributed by atoms with Crippen molar-refractivity contribution in [3.8, 4) is 45.0 Å². The van der Waals surface area contributed by atoms with Gasteiger partial charge in [-0.05, 0) is 174 Å². The van der Waals surface area contributed by atoms with Crippen LogP contribution in [0, 0.1) is 27.4 Å². The number of aromatic nitrogens is 4. The van der Waals surface area contributed by atoms with Gasteiger partial charge in [0.25, 0.3) is 6.71 Å². The Morgan fingerprint density at radius 1 is 0.238 bits per heavy atom. The van der Waals surface area contributed by atoms with Crippen LogP contribution in [0.5, 0.6) is 0 Å². The molecular formula is C94H65BN6. The average Bonchev–Trinajstić information content (AvgIpc) is 0.797. The first kappa shape index (κ1) is 46.4. The van der Waals surface area contributed by atoms with E-state index in [0.717, 1.165) is 138 Å². The van der Waals surface area contributed by atoms with Gasteiger partial charge in [-0.15, -0.1) is 0 Å². The normalized spacial score (nSPS) is 15.0. The van der Waals surface area contributed by atoms with Crippen LogP contribution in [0.2, 0.25) is 0 Å². The Kier molecular flexibility index (Phi) is 10.0. The monoisotopic (exact) mass is 1300 g/mol. The summed E-state index contributed by atoms with van der Waals surface area (Å²) >= 11 is 0. The average molecular weight is 1300 g/mol. The number of para-hydroxylation sites is 10. The molecule has 2 aliphatic rings. The molecule has 0 N–H and O–H groups in total. The maximum absolute atomic E-state index is 9.15. The van der Waals surface area contributed by atoms with Crippen LogP contribution in [-0.2, 0) is 0 Å². The fourth-order valence-electron chi connectivity index (χ4n) is 17.4. The molecule has 0 saturated carbocycles. The number of hydrogen-bond acceptors (Lipinski definition) is 2. The van der Waals surface area contributed by atoms with E-state index in [1.165, 1.54) is 36.4 Å². The molecule has 0 amide bonds. The summed E-state index contributed by atoms with van der Waals surface area (Å²) in [4.78, 5) is 4.33. The third-order valence-electron chi connectivity index (χ3n) is 21.4. The van der Waals surface area contributed by atoms with Crippen LogP contribution in [0.15, 0.2) is 322 Å². The number of hydrogen-bond donors (Lipinski definition) is 0. The van der Waals surface area contributed by atoms with Crippen molar-refractivity contribution >= 4 is 144 Å². The lowest BCUT2D eigenvalue weighted by Crippen LogP contribution is -2.61. The van der Waals surface area contributed by atoms with Crippen LogP contribution in [0.1, 0.15) is 38.7 Å². The third-order valence-corrected chi connectivity index (χ3v) is 21.4. The van der Waals surface area contributed by atoms with Crippen molar-refractivity contribution < 1.29 is 16.4 Å². The first-order valence-electron chi connectivity index (χ1n) is 40.2. The van der Waals surface area contributed by atoms with Crippen LogP contribution in [-0.4, -0.2) is 25.0 Å². The summed E-state index contributed by atoms with van der Waals surface area (Å²) in [6, 6.07) is 107. The van der Waals surface area contributed by atoms with Gasteiger partial charge in [-0.2, -0.15) is 0 Å². The number of nitrogens with zero attached hydrogens (tertiary/aromatic N) is 6. The van der Waals surface area contributed by atoms with E-state index in [2.05, 4.69) is 259 Å². The molecule has 2 aliphatic heterocycles. The van der Waals surface area contributed by atoms with E-state index in [1.54, 1.807) is 0 Å². The fraction of sp³-hybridized carbons (Fsp3) is 0.0426. The Labute approximate surface area is 602 Å². The first-order chi connectivity index (χ1) is 54.7. The van der Waals surface area contributed by atoms with Gasteiger partial charge in [0.05, 0.1) is 66.9 Å². The largest absolute Gasteiger partial charge is 0.311 e. The molecular weight excluding hydrogens is 1220 g/mol. The number of anilines is 6. The van der Waals surface area contributed by atoms with Gasteiger partial charge in [-0.3, -0.25) is 0 Å². The zero-order valence-electron chi connectivity index (χ0n) is 66.4. The lowest BCUT2D eigenvalue weighted by Gasteiger charge is -2.45. The maximum atomic E-state index is 9.15. The summed E-state index contributed by atoms with van der Waals surface area (Å²) in [6.07, 6.45) is 0. The highest BCUT2D eigenvalue weighted by atomic mass is 15.2. The van der Waals surface area contributed by atoms with Gasteiger partial charge in [-0.25, -0.2) is 0 Å². The lowest BCUT2D eigenvalue weighted by molar-refractivity contribution is 1.13. The summed E-state index contributed by atoms with van der Waals surface area (Å²) in [6.45, 7) is -11.7. The summed E-state index contributed by atoms with van der Waals surface area (Å²) in [5, 5.41) is 8.61. The molecule has 0 radical (unpaired) electrons. The van der Waals surface area contributed by atoms with E-state index in [-0.39, 0.29) is 33.4 Å². The molecule has 0 unspecified atom stereocenters. The smallest absolute Gasteiger partial charge is 0.252 e. The molecule has 0 aliphatic carbocycles. The Morgan fingerprint density at radius 2 is 0.525 bits per heavy atom. The molecule has 15 aromatic carbocycles. The molecule has 7 heteroatoms. The van der Waals surface area contributed by atoms with Crippen molar-refractivity contribution in [3.63, 3.8) is 0 Å². The highest BCUT2D eigenvalue weighted by Crippen LogP contribution is 2.51. The second kappa shape index (κ2) is 21.8. The molecule has 0 fully saturated rings. The van der Waals surface area contributed by atoms with Gasteiger partial charge in [0.15, 0.2) is 0 Å². The Balaban J connectivity index is 0.888. The minimum atomic E-state index is -2.77. The van der Waals surface area contributed by atoms with Crippen molar-refractivity contribution in [3.05, 3.63) is 344 Å². The molecule has 6 heterocycles. The fourth-order valence-corrected chi connectivity index (χ4v) is 17.4. The number of rotatable bonds is 8. The molecule has 0 saturated heterocycles. The predicted molar refractivity (Wildman–Crippen MR) is 428 cm³/mol. The maximum Gasteiger partial charge on any atom is 0.252 e. The van der Waals surface area contributed by atoms with Gasteiger partial charge in [0.2, 0.25) is 0 Å². The molecule has 101 heavy (non-hydrogen) atoms. The summed E-state index contributed by atoms with van der Waals surface area (Å²) in [5.41, 5.74) is 18.3. The SMILES string of the molecule is [2H]C([2H])([2H])c1cccc(C([2H])([2H])[2H])c1-c1ccccc1N1c2cc(-n3c4ccccc4c4cccc(-n5c6ccccc6c6ccccc65)c43)ccc2B2c3ccc(-n4c5ccccc5c5cccc(-n6c7ccccc7c7ccccc76)c54)cc3N(c3ccccc3-c3c(C([2H])([2H])[2H])cccc3C([2H])([2H])[2H])c3cccc1c32. The Morgan fingerprint density at radius 3 is 0.901 bits per heavy atom. The van der Waals surface area contributed by atoms with Crippen molar-refractivity contribution in [1.82, 2.24) is 18.3 Å². The topological polar surface area (TPSA) is 26.2 Å². The molecule has 4 aromatic heterocycles. The molecule has 0 spiro atoms. The van der Waals surface area contributed by atoms with E-state index in [9.17, 15) is 0 Å². The first-order valence-corrected chi connectivity index (χ1v) is 34.2. The van der Waals surface area contributed by atoms with Gasteiger partial charge in [-0.1, -0.05) is 224 Å². The van der Waals surface area contributed by atoms with E-state index in [4.69, 9.17) is 16.4 Å². The second-order valence-electron chi connectivity index (χ2n) is 26.6. The molecule has 0 bridgehead atoms. The van der Waals surface area contributed by atoms with Gasteiger partial charge in [0.1, 0.15) is 0 Å². The zero-order chi connectivity index (χ0) is 76.9. The molecule has 474 valence electrons. The van der Waals surface area contributed by atoms with Gasteiger partial charge >= 0.3 is 0 Å². The van der Waals surface area contributed by atoms with Crippen molar-refractivity contribution in [2.24, 2.45) is 0 Å². The van der Waals surface area contributed by atoms with E-state index < -0.39 is 34.1 Å². The quantitative estimate of drug-likeness (QED) is 0.142. The van der Waals surface area contributed by atoms with Crippen LogP contribution in [0.25, 0.3) is 132 Å². The van der Waals surface area contributed by atoms with Crippen LogP contribution in [0.3, 0.4) is 0 Å². The van der Waals surface area contributed by atoms with E-state index >= 15 is 0 Å². The lowest BCUT2D eigenvalue weighted by atomic mass is 9.33. The Bertz CT molecular complexity index is 6660. The number of benzene rings is 15. The zero-order valence-corrected chi connectivity index (χ0v) is 54.4. The van der Waals surface area contributed by atoms with Crippen LogP contribution in [0.4, 0.5) is 34.1 Å². The number of aryl methyl sites for hydroxylation is 4. The standard InChI is InChI=1S/C94H65BN6/c1-58-26-21-27-59(2)90(58)72-36-11-19-46-82(72)100-84-48-25-49-85-92(84)95(74-54-52-62(56-88(74)100)96-76-40-13-9-34-68(76)70-38-23-50-86(93(70)96)98-78-42-15-5-30-64(78)65-31-6-16-43-79(65)98)75-55-53-63(57-89(75)101(85)83-47-20-12-37-73(83)91-60(3)28-22-29-61(91)4)97-77-41-14-10-35-69(77)71-39-24-51-87(94(71)97)99-80-44-17-7-32-66(80)67-33-8-18-45-81(67)99/h5-57H,1-4H3/i1D3,2D3,3D3,4D3. The van der Waals surface area contributed by atoms with Crippen LogP contribution >= 0.6 is 0 Å². The molecule has 0 atom stereocenters. The third kappa shape index (κ3) is 8.11. The highest BCUT2D eigenvalue weighted by molar-refractivity contribution is 7.00. The molecule has 6 nitrogen and oxygen atoms in total. The Hall–Kier alpha value is -12.8. The van der Waals surface area contributed by atoms with Crippen molar-refractivity contribution in [1.29, 1.82) is 0 Å². The van der Waals surface area contributed by atoms with Crippen molar-refractivity contribution in [2.45, 2.75) is 27.4 Å². The number of fused-ring (bicyclic) bond motifs is 16. The summed E-state index contributed by atoms with van der Waals surface area (Å²) in [7, 11) is 0. The van der Waals surface area contributed by atoms with Crippen LogP contribution < -0.4 is 26.2 Å². The molecule has 19 aromatic rings. The molecule has 21 rings (SSSR count). The van der Waals surface area contributed by atoms with Gasteiger partial charge in [0, 0.05) is 105 Å². The van der Waals surface area contributed by atoms with Crippen molar-refractivity contribution in [2.75, 3.05) is 9.80 Å². The summed E-state index contributed by atoms with van der Waals surface area (Å²) in [5.74, 6) is 0. The highest BCUT2D eigenvalue weighted by Gasteiger charge is 2.45. The van der Waals surface area contributed by atoms with E-state index in [0.29, 0.717) is 33.9 Å².